The molecule has 0 heterocycles. The largest absolute Gasteiger partial charge is 0.251 e. The molecule has 0 aromatic rings. The fourth-order valence-electron chi connectivity index (χ4n) is 5.08. The van der Waals surface area contributed by atoms with Crippen LogP contribution in [0.1, 0.15) is 83.5 Å². The van der Waals surface area contributed by atoms with Gasteiger partial charge in [0.1, 0.15) is 0 Å². The maximum Gasteiger partial charge on any atom is 0.0894 e. The molecule has 0 saturated heterocycles. The molecule has 2 fully saturated rings. The fourth-order valence-corrected chi connectivity index (χ4v) is 5.08. The van der Waals surface area contributed by atoms with E-state index in [1.807, 2.05) is 0 Å². The second-order valence-electron chi connectivity index (χ2n) is 8.30. The van der Waals surface area contributed by atoms with E-state index in [1.165, 1.54) is 51.4 Å². The summed E-state index contributed by atoms with van der Waals surface area (Å²) in [7, 11) is 0. The van der Waals surface area contributed by atoms with Gasteiger partial charge in [-0.05, 0) is 68.6 Å². The SMILES string of the molecule is N#CC(C[C@H]1CC[C@H](CCCF)CC1)[C@H]1CC[C@H](CCCF)CC1. The summed E-state index contributed by atoms with van der Waals surface area (Å²) in [5.41, 5.74) is 0. The van der Waals surface area contributed by atoms with Gasteiger partial charge in [0.15, 0.2) is 0 Å². The predicted molar refractivity (Wildman–Crippen MR) is 95.0 cm³/mol. The van der Waals surface area contributed by atoms with Crippen molar-refractivity contribution in [2.45, 2.75) is 83.5 Å². The molecule has 0 aromatic carbocycles. The third-order valence-corrected chi connectivity index (χ3v) is 6.67. The van der Waals surface area contributed by atoms with Gasteiger partial charge in [0, 0.05) is 5.92 Å². The van der Waals surface area contributed by atoms with Crippen molar-refractivity contribution in [1.82, 2.24) is 0 Å². The molecule has 0 aromatic heterocycles. The van der Waals surface area contributed by atoms with Gasteiger partial charge in [-0.25, -0.2) is 0 Å². The molecule has 1 atom stereocenters. The third-order valence-electron chi connectivity index (χ3n) is 6.67. The maximum absolute atomic E-state index is 12.3. The van der Waals surface area contributed by atoms with Crippen LogP contribution in [0.25, 0.3) is 0 Å². The van der Waals surface area contributed by atoms with Crippen LogP contribution in [0, 0.1) is 40.9 Å². The molecule has 2 saturated carbocycles. The van der Waals surface area contributed by atoms with E-state index < -0.39 is 0 Å². The lowest BCUT2D eigenvalue weighted by molar-refractivity contribution is 0.175. The molecule has 2 aliphatic rings. The first-order chi connectivity index (χ1) is 11.8. The van der Waals surface area contributed by atoms with Gasteiger partial charge in [-0.15, -0.1) is 0 Å². The Bertz CT molecular complexity index is 363. The molecular weight excluding hydrogens is 304 g/mol. The number of alkyl halides is 2. The molecule has 0 spiro atoms. The summed E-state index contributed by atoms with van der Waals surface area (Å²) >= 11 is 0. The van der Waals surface area contributed by atoms with Crippen molar-refractivity contribution < 1.29 is 8.78 Å². The van der Waals surface area contributed by atoms with E-state index in [1.54, 1.807) is 0 Å². The van der Waals surface area contributed by atoms with Gasteiger partial charge in [0.2, 0.25) is 0 Å². The average molecular weight is 340 g/mol. The normalized spacial score (nSPS) is 32.2. The van der Waals surface area contributed by atoms with Crippen LogP contribution in [0.15, 0.2) is 0 Å². The Hall–Kier alpha value is -0.650. The number of hydrogen-bond acceptors (Lipinski definition) is 1. The highest BCUT2D eigenvalue weighted by Gasteiger charge is 2.30. The summed E-state index contributed by atoms with van der Waals surface area (Å²) in [6.07, 6.45) is 14.3. The van der Waals surface area contributed by atoms with Crippen LogP contribution in [-0.4, -0.2) is 13.3 Å². The zero-order valence-corrected chi connectivity index (χ0v) is 15.2. The molecule has 138 valence electrons. The summed E-state index contributed by atoms with van der Waals surface area (Å²) < 4.78 is 24.6. The highest BCUT2D eigenvalue weighted by molar-refractivity contribution is 4.92. The molecule has 0 bridgehead atoms. The van der Waals surface area contributed by atoms with Crippen LogP contribution >= 0.6 is 0 Å². The van der Waals surface area contributed by atoms with Gasteiger partial charge in [-0.3, -0.25) is 8.78 Å². The predicted octanol–water partition coefficient (Wildman–Crippen LogP) is 6.63. The van der Waals surface area contributed by atoms with Gasteiger partial charge in [-0.1, -0.05) is 38.5 Å². The van der Waals surface area contributed by atoms with Crippen molar-refractivity contribution in [1.29, 1.82) is 5.26 Å². The molecule has 2 rings (SSSR count). The summed E-state index contributed by atoms with van der Waals surface area (Å²) in [6.45, 7) is -0.362. The summed E-state index contributed by atoms with van der Waals surface area (Å²) in [5, 5.41) is 9.64. The van der Waals surface area contributed by atoms with Crippen LogP contribution in [-0.2, 0) is 0 Å². The Morgan fingerprint density at radius 3 is 1.67 bits per heavy atom. The number of nitrogens with zero attached hydrogens (tertiary/aromatic N) is 1. The second kappa shape index (κ2) is 11.1. The minimum absolute atomic E-state index is 0.176. The van der Waals surface area contributed by atoms with Crippen LogP contribution in [0.5, 0.6) is 0 Å². The summed E-state index contributed by atoms with van der Waals surface area (Å²) in [4.78, 5) is 0. The summed E-state index contributed by atoms with van der Waals surface area (Å²) in [5.74, 6) is 2.92. The zero-order valence-electron chi connectivity index (χ0n) is 15.2. The van der Waals surface area contributed by atoms with E-state index in [9.17, 15) is 14.0 Å². The molecule has 1 unspecified atom stereocenters. The minimum Gasteiger partial charge on any atom is -0.251 e. The van der Waals surface area contributed by atoms with E-state index in [0.29, 0.717) is 24.2 Å². The van der Waals surface area contributed by atoms with E-state index in [2.05, 4.69) is 6.07 Å². The lowest BCUT2D eigenvalue weighted by atomic mass is 9.70. The molecule has 3 heteroatoms. The van der Waals surface area contributed by atoms with Crippen molar-refractivity contribution >= 4 is 0 Å². The van der Waals surface area contributed by atoms with Gasteiger partial charge in [-0.2, -0.15) is 5.26 Å². The molecule has 1 nitrogen and oxygen atoms in total. The van der Waals surface area contributed by atoms with Crippen molar-refractivity contribution in [3.05, 3.63) is 0 Å². The molecule has 0 N–H and O–H groups in total. The van der Waals surface area contributed by atoms with E-state index >= 15 is 0 Å². The Balaban J connectivity index is 1.69. The smallest absolute Gasteiger partial charge is 0.0894 e. The lowest BCUT2D eigenvalue weighted by Crippen LogP contribution is -2.24. The van der Waals surface area contributed by atoms with Crippen molar-refractivity contribution in [2.75, 3.05) is 13.3 Å². The first-order valence-corrected chi connectivity index (χ1v) is 10.3. The van der Waals surface area contributed by atoms with Crippen molar-refractivity contribution in [2.24, 2.45) is 29.6 Å². The van der Waals surface area contributed by atoms with Gasteiger partial charge < -0.3 is 0 Å². The first-order valence-electron chi connectivity index (χ1n) is 10.3. The Morgan fingerprint density at radius 2 is 1.21 bits per heavy atom. The minimum atomic E-state index is -0.186. The second-order valence-corrected chi connectivity index (χ2v) is 8.30. The monoisotopic (exact) mass is 339 g/mol. The Labute approximate surface area is 147 Å². The molecule has 0 aliphatic heterocycles. The van der Waals surface area contributed by atoms with Crippen molar-refractivity contribution in [3.8, 4) is 6.07 Å². The van der Waals surface area contributed by atoms with Gasteiger partial charge in [0.25, 0.3) is 0 Å². The third kappa shape index (κ3) is 6.34. The Morgan fingerprint density at radius 1 is 0.750 bits per heavy atom. The zero-order chi connectivity index (χ0) is 17.2. The maximum atomic E-state index is 12.3. The van der Waals surface area contributed by atoms with Crippen LogP contribution in [0.2, 0.25) is 0 Å². The standard InChI is InChI=1S/C21H35F2N/c22-13-1-3-17-5-7-19(8-6-17)15-21(16-24)20-11-9-18(10-12-20)4-2-14-23/h17-21H,1-15H2/t17-,18-,19-,20-,21?. The number of nitriles is 1. The Kier molecular flexibility index (Phi) is 9.07. The molecule has 24 heavy (non-hydrogen) atoms. The fraction of sp³-hybridized carbons (Fsp3) is 0.952. The molecular formula is C21H35F2N. The van der Waals surface area contributed by atoms with E-state index in [4.69, 9.17) is 0 Å². The number of hydrogen-bond donors (Lipinski definition) is 0. The van der Waals surface area contributed by atoms with Crippen LogP contribution in [0.3, 0.4) is 0 Å². The van der Waals surface area contributed by atoms with E-state index in [0.717, 1.165) is 31.6 Å². The highest BCUT2D eigenvalue weighted by atomic mass is 19.1. The van der Waals surface area contributed by atoms with Crippen molar-refractivity contribution in [3.63, 3.8) is 0 Å². The van der Waals surface area contributed by atoms with Crippen LogP contribution in [0.4, 0.5) is 8.78 Å². The molecule has 2 aliphatic carbocycles. The van der Waals surface area contributed by atoms with E-state index in [-0.39, 0.29) is 19.3 Å². The summed E-state index contributed by atoms with van der Waals surface area (Å²) in [6, 6.07) is 2.61. The quantitative estimate of drug-likeness (QED) is 0.462. The van der Waals surface area contributed by atoms with Gasteiger partial charge in [0.05, 0.1) is 19.4 Å². The average Bonchev–Trinajstić information content (AvgIpc) is 2.64. The first kappa shape index (κ1) is 19.7. The highest BCUT2D eigenvalue weighted by Crippen LogP contribution is 2.41. The molecule has 0 radical (unpaired) electrons. The lowest BCUT2D eigenvalue weighted by Gasteiger charge is -2.34. The number of rotatable bonds is 9. The number of halogens is 2. The molecule has 0 amide bonds. The van der Waals surface area contributed by atoms with Crippen LogP contribution < -0.4 is 0 Å². The van der Waals surface area contributed by atoms with Gasteiger partial charge >= 0.3 is 0 Å². The topological polar surface area (TPSA) is 23.8 Å².